The van der Waals surface area contributed by atoms with Gasteiger partial charge in [-0.2, -0.15) is 0 Å². The van der Waals surface area contributed by atoms with Crippen molar-refractivity contribution in [1.82, 2.24) is 9.80 Å². The fourth-order valence-corrected chi connectivity index (χ4v) is 3.27. The molecule has 24 heavy (non-hydrogen) atoms. The van der Waals surface area contributed by atoms with Gasteiger partial charge in [-0.3, -0.25) is 14.5 Å². The van der Waals surface area contributed by atoms with Gasteiger partial charge in [-0.1, -0.05) is 29.3 Å². The van der Waals surface area contributed by atoms with Crippen LogP contribution in [0.5, 0.6) is 0 Å². The average molecular weight is 370 g/mol. The Morgan fingerprint density at radius 2 is 1.83 bits per heavy atom. The summed E-state index contributed by atoms with van der Waals surface area (Å²) in [5.41, 5.74) is 0.517. The Kier molecular flexibility index (Phi) is 5.33. The third-order valence-electron chi connectivity index (χ3n) is 4.69. The Morgan fingerprint density at radius 1 is 1.17 bits per heavy atom. The molecule has 0 aromatic heterocycles. The van der Waals surface area contributed by atoms with Crippen molar-refractivity contribution in [3.8, 4) is 0 Å². The molecule has 0 radical (unpaired) electrons. The molecule has 2 fully saturated rings. The Bertz CT molecular complexity index is 641. The third-order valence-corrected chi connectivity index (χ3v) is 5.51. The number of anilines is 1. The molecule has 0 unspecified atom stereocenters. The van der Waals surface area contributed by atoms with Crippen molar-refractivity contribution in [2.24, 2.45) is 5.92 Å². The number of hydrogen-bond acceptors (Lipinski definition) is 3. The summed E-state index contributed by atoms with van der Waals surface area (Å²) in [6, 6.07) is 4.86. The number of benzene rings is 1. The minimum absolute atomic E-state index is 0.124. The van der Waals surface area contributed by atoms with E-state index < -0.39 is 0 Å². The van der Waals surface area contributed by atoms with Crippen LogP contribution in [-0.2, 0) is 9.59 Å². The molecule has 1 aliphatic heterocycles. The maximum absolute atomic E-state index is 12.5. The van der Waals surface area contributed by atoms with Crippen LogP contribution in [0.1, 0.15) is 19.8 Å². The molecule has 1 aromatic carbocycles. The summed E-state index contributed by atoms with van der Waals surface area (Å²) in [6.45, 7) is 4.65. The summed E-state index contributed by atoms with van der Waals surface area (Å²) in [5.74, 6) is 0.404. The Labute approximate surface area is 151 Å². The third kappa shape index (κ3) is 3.85. The van der Waals surface area contributed by atoms with Crippen molar-refractivity contribution < 1.29 is 9.59 Å². The molecule has 1 saturated heterocycles. The van der Waals surface area contributed by atoms with E-state index in [0.29, 0.717) is 41.9 Å². The average Bonchev–Trinajstić information content (AvgIpc) is 3.43. The monoisotopic (exact) mass is 369 g/mol. The highest BCUT2D eigenvalue weighted by molar-refractivity contribution is 6.44. The lowest BCUT2D eigenvalue weighted by Crippen LogP contribution is -2.54. The smallest absolute Gasteiger partial charge is 0.241 e. The molecule has 130 valence electrons. The van der Waals surface area contributed by atoms with Gasteiger partial charge in [-0.15, -0.1) is 0 Å². The molecule has 1 atom stereocenters. The quantitative estimate of drug-likeness (QED) is 0.887. The number of amides is 2. The van der Waals surface area contributed by atoms with E-state index in [2.05, 4.69) is 10.2 Å². The number of nitrogens with zero attached hydrogens (tertiary/aromatic N) is 2. The molecule has 1 heterocycles. The summed E-state index contributed by atoms with van der Waals surface area (Å²) >= 11 is 12.1. The molecular formula is C17H21Cl2N3O2. The molecule has 2 amide bonds. The lowest BCUT2D eigenvalue weighted by molar-refractivity contribution is -0.135. The van der Waals surface area contributed by atoms with Gasteiger partial charge in [0.25, 0.3) is 0 Å². The fraction of sp³-hybridized carbons (Fsp3) is 0.529. The SMILES string of the molecule is C[C@@H](C(=O)Nc1cccc(Cl)c1Cl)N1CCN(C(=O)C2CC2)CC1. The van der Waals surface area contributed by atoms with E-state index >= 15 is 0 Å². The number of rotatable bonds is 4. The zero-order chi connectivity index (χ0) is 17.3. The first-order chi connectivity index (χ1) is 11.5. The van der Waals surface area contributed by atoms with E-state index in [1.54, 1.807) is 18.2 Å². The van der Waals surface area contributed by atoms with Gasteiger partial charge in [-0.25, -0.2) is 0 Å². The normalized spacial score (nSPS) is 19.9. The van der Waals surface area contributed by atoms with Crippen LogP contribution in [0.3, 0.4) is 0 Å². The number of carbonyl (C=O) groups excluding carboxylic acids is 2. The molecule has 2 aliphatic rings. The first kappa shape index (κ1) is 17.5. The van der Waals surface area contributed by atoms with Crippen LogP contribution in [-0.4, -0.2) is 53.8 Å². The van der Waals surface area contributed by atoms with Crippen LogP contribution in [0, 0.1) is 5.92 Å². The Morgan fingerprint density at radius 3 is 2.46 bits per heavy atom. The number of carbonyl (C=O) groups is 2. The van der Waals surface area contributed by atoms with Gasteiger partial charge in [0.1, 0.15) is 0 Å². The van der Waals surface area contributed by atoms with E-state index in [9.17, 15) is 9.59 Å². The van der Waals surface area contributed by atoms with Crippen LogP contribution in [0.25, 0.3) is 0 Å². The summed E-state index contributed by atoms with van der Waals surface area (Å²) in [5, 5.41) is 3.59. The highest BCUT2D eigenvalue weighted by Gasteiger charge is 2.35. The first-order valence-corrected chi connectivity index (χ1v) is 9.00. The molecule has 1 saturated carbocycles. The highest BCUT2D eigenvalue weighted by atomic mass is 35.5. The van der Waals surface area contributed by atoms with Crippen LogP contribution in [0.2, 0.25) is 10.0 Å². The molecule has 5 nitrogen and oxygen atoms in total. The summed E-state index contributed by atoms with van der Waals surface area (Å²) in [4.78, 5) is 28.6. The highest BCUT2D eigenvalue weighted by Crippen LogP contribution is 2.31. The molecule has 1 aromatic rings. The topological polar surface area (TPSA) is 52.7 Å². The Hall–Kier alpha value is -1.30. The zero-order valence-corrected chi connectivity index (χ0v) is 15.1. The van der Waals surface area contributed by atoms with Crippen LogP contribution >= 0.6 is 23.2 Å². The molecule has 1 N–H and O–H groups in total. The van der Waals surface area contributed by atoms with Gasteiger partial charge < -0.3 is 10.2 Å². The van der Waals surface area contributed by atoms with Crippen LogP contribution in [0.15, 0.2) is 18.2 Å². The lowest BCUT2D eigenvalue weighted by atomic mass is 10.2. The van der Waals surface area contributed by atoms with Gasteiger partial charge >= 0.3 is 0 Å². The number of halogens is 2. The molecule has 0 spiro atoms. The van der Waals surface area contributed by atoms with Crippen molar-refractivity contribution >= 4 is 40.7 Å². The molecule has 0 bridgehead atoms. The van der Waals surface area contributed by atoms with E-state index in [1.807, 2.05) is 11.8 Å². The van der Waals surface area contributed by atoms with Crippen molar-refractivity contribution in [1.29, 1.82) is 0 Å². The van der Waals surface area contributed by atoms with Crippen LogP contribution < -0.4 is 5.32 Å². The van der Waals surface area contributed by atoms with Gasteiger partial charge in [0, 0.05) is 32.1 Å². The van der Waals surface area contributed by atoms with Crippen molar-refractivity contribution in [2.75, 3.05) is 31.5 Å². The van der Waals surface area contributed by atoms with Gasteiger partial charge in [0.15, 0.2) is 0 Å². The fourth-order valence-electron chi connectivity index (χ4n) is 2.92. The van der Waals surface area contributed by atoms with E-state index in [1.165, 1.54) is 0 Å². The summed E-state index contributed by atoms with van der Waals surface area (Å²) in [7, 11) is 0. The van der Waals surface area contributed by atoms with E-state index in [0.717, 1.165) is 12.8 Å². The Balaban J connectivity index is 1.54. The van der Waals surface area contributed by atoms with Crippen molar-refractivity contribution in [3.63, 3.8) is 0 Å². The summed E-state index contributed by atoms with van der Waals surface area (Å²) in [6.07, 6.45) is 2.05. The largest absolute Gasteiger partial charge is 0.340 e. The predicted molar refractivity (Wildman–Crippen MR) is 95.4 cm³/mol. The zero-order valence-electron chi connectivity index (χ0n) is 13.6. The van der Waals surface area contributed by atoms with Gasteiger partial charge in [0.05, 0.1) is 21.8 Å². The van der Waals surface area contributed by atoms with Crippen molar-refractivity contribution in [3.05, 3.63) is 28.2 Å². The number of piperazine rings is 1. The van der Waals surface area contributed by atoms with Crippen molar-refractivity contribution in [2.45, 2.75) is 25.8 Å². The predicted octanol–water partition coefficient (Wildman–Crippen LogP) is 2.87. The van der Waals surface area contributed by atoms with E-state index in [-0.39, 0.29) is 23.8 Å². The minimum atomic E-state index is -0.293. The molecule has 1 aliphatic carbocycles. The first-order valence-electron chi connectivity index (χ1n) is 8.25. The number of hydrogen-bond donors (Lipinski definition) is 1. The molecular weight excluding hydrogens is 349 g/mol. The minimum Gasteiger partial charge on any atom is -0.340 e. The standard InChI is InChI=1S/C17H21Cl2N3O2/c1-11(16(23)20-14-4-2-3-13(18)15(14)19)21-7-9-22(10-8-21)17(24)12-5-6-12/h2-4,11-12H,5-10H2,1H3,(H,20,23)/t11-/m0/s1. The second-order valence-corrected chi connectivity index (χ2v) is 7.19. The van der Waals surface area contributed by atoms with Gasteiger partial charge in [-0.05, 0) is 31.9 Å². The van der Waals surface area contributed by atoms with Gasteiger partial charge in [0.2, 0.25) is 11.8 Å². The maximum atomic E-state index is 12.5. The molecule has 7 heteroatoms. The molecule has 3 rings (SSSR count). The lowest BCUT2D eigenvalue weighted by Gasteiger charge is -2.37. The van der Waals surface area contributed by atoms with E-state index in [4.69, 9.17) is 23.2 Å². The van der Waals surface area contributed by atoms with Crippen LogP contribution in [0.4, 0.5) is 5.69 Å². The summed E-state index contributed by atoms with van der Waals surface area (Å²) < 4.78 is 0. The second kappa shape index (κ2) is 7.30. The second-order valence-electron chi connectivity index (χ2n) is 6.40. The number of nitrogens with one attached hydrogen (secondary N) is 1. The maximum Gasteiger partial charge on any atom is 0.241 e.